The van der Waals surface area contributed by atoms with Crippen molar-refractivity contribution >= 4 is 28.7 Å². The summed E-state index contributed by atoms with van der Waals surface area (Å²) >= 11 is 0. The monoisotopic (exact) mass is 394 g/mol. The van der Waals surface area contributed by atoms with Gasteiger partial charge in [0.05, 0.1) is 12.8 Å². The molecule has 7 nitrogen and oxygen atoms in total. The van der Waals surface area contributed by atoms with E-state index in [9.17, 15) is 4.39 Å². The topological polar surface area (TPSA) is 79.5 Å². The SMILES string of the molecule is COc1cccc(Nc2ncnc(N3CCN(c4ccccc4F)CC3)c2N)c1. The van der Waals surface area contributed by atoms with Crippen molar-refractivity contribution in [3.05, 3.63) is 60.7 Å². The Morgan fingerprint density at radius 3 is 2.52 bits per heavy atom. The third-order valence-electron chi connectivity index (χ3n) is 4.97. The van der Waals surface area contributed by atoms with E-state index in [1.165, 1.54) is 12.4 Å². The summed E-state index contributed by atoms with van der Waals surface area (Å²) in [4.78, 5) is 12.8. The summed E-state index contributed by atoms with van der Waals surface area (Å²) < 4.78 is 19.3. The summed E-state index contributed by atoms with van der Waals surface area (Å²) in [5.41, 5.74) is 8.30. The number of aromatic nitrogens is 2. The predicted octanol–water partition coefficient (Wildman–Crippen LogP) is 3.28. The zero-order chi connectivity index (χ0) is 20.2. The van der Waals surface area contributed by atoms with Gasteiger partial charge in [0, 0.05) is 37.9 Å². The third kappa shape index (κ3) is 4.01. The fourth-order valence-corrected chi connectivity index (χ4v) is 3.44. The van der Waals surface area contributed by atoms with E-state index in [4.69, 9.17) is 10.5 Å². The van der Waals surface area contributed by atoms with E-state index >= 15 is 0 Å². The largest absolute Gasteiger partial charge is 0.497 e. The number of ether oxygens (including phenoxy) is 1. The van der Waals surface area contributed by atoms with Gasteiger partial charge in [-0.05, 0) is 24.3 Å². The molecule has 0 saturated carbocycles. The minimum Gasteiger partial charge on any atom is -0.497 e. The van der Waals surface area contributed by atoms with Gasteiger partial charge < -0.3 is 25.6 Å². The van der Waals surface area contributed by atoms with Gasteiger partial charge in [0.2, 0.25) is 0 Å². The number of piperazine rings is 1. The maximum Gasteiger partial charge on any atom is 0.159 e. The Kier molecular flexibility index (Phi) is 5.33. The Morgan fingerprint density at radius 1 is 1.00 bits per heavy atom. The smallest absolute Gasteiger partial charge is 0.159 e. The predicted molar refractivity (Wildman–Crippen MR) is 114 cm³/mol. The Bertz CT molecular complexity index is 990. The van der Waals surface area contributed by atoms with Crippen LogP contribution in [0.2, 0.25) is 0 Å². The number of benzene rings is 2. The van der Waals surface area contributed by atoms with Crippen molar-refractivity contribution in [1.82, 2.24) is 9.97 Å². The highest BCUT2D eigenvalue weighted by Crippen LogP contribution is 2.30. The van der Waals surface area contributed by atoms with Gasteiger partial charge in [-0.25, -0.2) is 14.4 Å². The van der Waals surface area contributed by atoms with Gasteiger partial charge in [0.1, 0.15) is 23.6 Å². The Balaban J connectivity index is 1.48. The van der Waals surface area contributed by atoms with Crippen LogP contribution in [0.4, 0.5) is 33.1 Å². The third-order valence-corrected chi connectivity index (χ3v) is 4.97. The molecule has 1 aromatic heterocycles. The Labute approximate surface area is 168 Å². The molecule has 2 heterocycles. The number of rotatable bonds is 5. The highest BCUT2D eigenvalue weighted by molar-refractivity contribution is 5.78. The summed E-state index contributed by atoms with van der Waals surface area (Å²) in [7, 11) is 1.62. The molecule has 0 atom stereocenters. The van der Waals surface area contributed by atoms with Gasteiger partial charge in [-0.2, -0.15) is 0 Å². The van der Waals surface area contributed by atoms with Gasteiger partial charge in [0.25, 0.3) is 0 Å². The highest BCUT2D eigenvalue weighted by Gasteiger charge is 2.22. The number of para-hydroxylation sites is 1. The number of hydrogen-bond donors (Lipinski definition) is 2. The Morgan fingerprint density at radius 2 is 1.76 bits per heavy atom. The van der Waals surface area contributed by atoms with E-state index in [0.29, 0.717) is 49.2 Å². The van der Waals surface area contributed by atoms with Crippen LogP contribution in [0.1, 0.15) is 0 Å². The molecule has 0 aliphatic carbocycles. The second-order valence-corrected chi connectivity index (χ2v) is 6.74. The average molecular weight is 394 g/mol. The first-order chi connectivity index (χ1) is 14.2. The Hall–Kier alpha value is -3.55. The van der Waals surface area contributed by atoms with Crippen LogP contribution in [0.25, 0.3) is 0 Å². The summed E-state index contributed by atoms with van der Waals surface area (Å²) in [5, 5.41) is 3.23. The van der Waals surface area contributed by atoms with Gasteiger partial charge in [-0.1, -0.05) is 18.2 Å². The van der Waals surface area contributed by atoms with Crippen LogP contribution in [-0.2, 0) is 0 Å². The zero-order valence-corrected chi connectivity index (χ0v) is 16.2. The molecule has 150 valence electrons. The second-order valence-electron chi connectivity index (χ2n) is 6.74. The number of anilines is 5. The lowest BCUT2D eigenvalue weighted by Crippen LogP contribution is -2.47. The van der Waals surface area contributed by atoms with Gasteiger partial charge in [0.15, 0.2) is 11.6 Å². The minimum absolute atomic E-state index is 0.202. The molecular formula is C21H23FN6O. The number of nitrogens with zero attached hydrogens (tertiary/aromatic N) is 4. The van der Waals surface area contributed by atoms with Crippen molar-refractivity contribution in [1.29, 1.82) is 0 Å². The van der Waals surface area contributed by atoms with E-state index < -0.39 is 0 Å². The van der Waals surface area contributed by atoms with Crippen LogP contribution in [0.5, 0.6) is 5.75 Å². The van der Waals surface area contributed by atoms with E-state index in [1.807, 2.05) is 35.2 Å². The minimum atomic E-state index is -0.202. The molecule has 4 rings (SSSR count). The van der Waals surface area contributed by atoms with E-state index in [-0.39, 0.29) is 5.82 Å². The number of nitrogens with one attached hydrogen (secondary N) is 1. The molecule has 0 amide bonds. The summed E-state index contributed by atoms with van der Waals surface area (Å²) in [5.74, 6) is 1.76. The van der Waals surface area contributed by atoms with Crippen molar-refractivity contribution in [2.24, 2.45) is 0 Å². The molecule has 0 unspecified atom stereocenters. The lowest BCUT2D eigenvalue weighted by Gasteiger charge is -2.37. The van der Waals surface area contributed by atoms with E-state index in [2.05, 4.69) is 20.2 Å². The summed E-state index contributed by atoms with van der Waals surface area (Å²) in [6, 6.07) is 14.4. The number of nitrogen functional groups attached to an aromatic ring is 1. The van der Waals surface area contributed by atoms with Crippen LogP contribution < -0.4 is 25.6 Å². The first kappa shape index (κ1) is 18.8. The highest BCUT2D eigenvalue weighted by atomic mass is 19.1. The fraction of sp³-hybridized carbons (Fsp3) is 0.238. The fourth-order valence-electron chi connectivity index (χ4n) is 3.44. The van der Waals surface area contributed by atoms with E-state index in [1.54, 1.807) is 19.2 Å². The molecule has 0 radical (unpaired) electrons. The normalized spacial score (nSPS) is 14.0. The maximum absolute atomic E-state index is 14.1. The van der Waals surface area contributed by atoms with Crippen molar-refractivity contribution < 1.29 is 9.13 Å². The lowest BCUT2D eigenvalue weighted by molar-refractivity contribution is 0.415. The number of nitrogens with two attached hydrogens (primary N) is 1. The molecule has 1 saturated heterocycles. The lowest BCUT2D eigenvalue weighted by atomic mass is 10.2. The molecule has 3 N–H and O–H groups in total. The van der Waals surface area contributed by atoms with Crippen molar-refractivity contribution in [3.8, 4) is 5.75 Å². The molecule has 3 aromatic rings. The molecule has 29 heavy (non-hydrogen) atoms. The van der Waals surface area contributed by atoms with Crippen LogP contribution >= 0.6 is 0 Å². The summed E-state index contributed by atoms with van der Waals surface area (Å²) in [6.45, 7) is 2.74. The molecule has 0 bridgehead atoms. The molecule has 8 heteroatoms. The van der Waals surface area contributed by atoms with Crippen molar-refractivity contribution in [2.75, 3.05) is 54.1 Å². The van der Waals surface area contributed by atoms with Crippen molar-refractivity contribution in [2.45, 2.75) is 0 Å². The average Bonchev–Trinajstić information content (AvgIpc) is 2.76. The summed E-state index contributed by atoms with van der Waals surface area (Å²) in [6.07, 6.45) is 1.50. The first-order valence-corrected chi connectivity index (χ1v) is 9.41. The molecule has 0 spiro atoms. The number of halogens is 1. The molecular weight excluding hydrogens is 371 g/mol. The zero-order valence-electron chi connectivity index (χ0n) is 16.2. The number of hydrogen-bond acceptors (Lipinski definition) is 7. The molecule has 1 aliphatic heterocycles. The van der Waals surface area contributed by atoms with Gasteiger partial charge in [-0.3, -0.25) is 0 Å². The van der Waals surface area contributed by atoms with Gasteiger partial charge >= 0.3 is 0 Å². The second kappa shape index (κ2) is 8.22. The van der Waals surface area contributed by atoms with E-state index in [0.717, 1.165) is 11.4 Å². The number of methoxy groups -OCH3 is 1. The van der Waals surface area contributed by atoms with Gasteiger partial charge in [-0.15, -0.1) is 0 Å². The standard InChI is InChI=1S/C21H23FN6O/c1-29-16-6-4-5-15(13-16)26-20-19(23)21(25-14-24-20)28-11-9-27(10-12-28)18-8-3-2-7-17(18)22/h2-8,13-14H,9-12,23H2,1H3,(H,24,25,26). The maximum atomic E-state index is 14.1. The molecule has 1 aliphatic rings. The van der Waals surface area contributed by atoms with Crippen LogP contribution in [0.3, 0.4) is 0 Å². The molecule has 1 fully saturated rings. The quantitative estimate of drug-likeness (QED) is 0.687. The van der Waals surface area contributed by atoms with Crippen LogP contribution in [0.15, 0.2) is 54.9 Å². The first-order valence-electron chi connectivity index (χ1n) is 9.41. The molecule has 2 aromatic carbocycles. The van der Waals surface area contributed by atoms with Crippen LogP contribution in [0, 0.1) is 5.82 Å². The van der Waals surface area contributed by atoms with Crippen LogP contribution in [-0.4, -0.2) is 43.3 Å². The van der Waals surface area contributed by atoms with Crippen molar-refractivity contribution in [3.63, 3.8) is 0 Å².